The van der Waals surface area contributed by atoms with Crippen molar-refractivity contribution in [3.63, 3.8) is 0 Å². The minimum atomic E-state index is -0.414. The van der Waals surface area contributed by atoms with E-state index in [0.717, 1.165) is 17.5 Å². The Hall–Kier alpha value is -2.34. The summed E-state index contributed by atoms with van der Waals surface area (Å²) in [5.41, 5.74) is 4.61. The highest BCUT2D eigenvalue weighted by Crippen LogP contribution is 2.22. The Morgan fingerprint density at radius 1 is 1.19 bits per heavy atom. The lowest BCUT2D eigenvalue weighted by Crippen LogP contribution is -2.30. The van der Waals surface area contributed by atoms with Crippen LogP contribution < -0.4 is 5.32 Å². The van der Waals surface area contributed by atoms with E-state index in [0.29, 0.717) is 11.5 Å². The van der Waals surface area contributed by atoms with Gasteiger partial charge in [0.15, 0.2) is 0 Å². The van der Waals surface area contributed by atoms with Crippen molar-refractivity contribution in [2.75, 3.05) is 5.75 Å². The molecule has 1 N–H and O–H groups in total. The number of nitro benzene ring substituents is 1. The van der Waals surface area contributed by atoms with Crippen LogP contribution in [0.15, 0.2) is 42.5 Å². The van der Waals surface area contributed by atoms with Gasteiger partial charge in [0, 0.05) is 17.9 Å². The minimum Gasteiger partial charge on any atom is -0.349 e. The fraction of sp³-hybridized carbons (Fsp3) is 0.350. The monoisotopic (exact) mass is 372 g/mol. The molecule has 2 rings (SSSR count). The van der Waals surface area contributed by atoms with Gasteiger partial charge in [-0.1, -0.05) is 42.8 Å². The highest BCUT2D eigenvalue weighted by Gasteiger charge is 2.15. The van der Waals surface area contributed by atoms with Gasteiger partial charge >= 0.3 is 0 Å². The summed E-state index contributed by atoms with van der Waals surface area (Å²) in [7, 11) is 0. The third-order valence-corrected chi connectivity index (χ3v) is 5.20. The number of benzene rings is 2. The first-order valence-corrected chi connectivity index (χ1v) is 9.73. The lowest BCUT2D eigenvalue weighted by molar-refractivity contribution is -0.384. The van der Waals surface area contributed by atoms with Crippen LogP contribution in [0.4, 0.5) is 5.69 Å². The first-order chi connectivity index (χ1) is 12.4. The van der Waals surface area contributed by atoms with Crippen LogP contribution in [0.2, 0.25) is 0 Å². The van der Waals surface area contributed by atoms with E-state index in [4.69, 9.17) is 0 Å². The Labute approximate surface area is 158 Å². The first-order valence-electron chi connectivity index (χ1n) is 8.58. The normalized spacial score (nSPS) is 11.8. The van der Waals surface area contributed by atoms with Crippen molar-refractivity contribution >= 4 is 23.4 Å². The van der Waals surface area contributed by atoms with Gasteiger partial charge in [-0.2, -0.15) is 0 Å². The summed E-state index contributed by atoms with van der Waals surface area (Å²) in [6.45, 7) is 6.19. The fourth-order valence-corrected chi connectivity index (χ4v) is 3.63. The molecule has 0 spiro atoms. The number of hydrogen-bond acceptors (Lipinski definition) is 4. The van der Waals surface area contributed by atoms with Crippen LogP contribution in [0.3, 0.4) is 0 Å². The van der Waals surface area contributed by atoms with Crippen LogP contribution >= 0.6 is 11.8 Å². The molecule has 0 fully saturated rings. The van der Waals surface area contributed by atoms with E-state index in [-0.39, 0.29) is 17.6 Å². The number of rotatable bonds is 8. The van der Waals surface area contributed by atoms with E-state index >= 15 is 0 Å². The average molecular weight is 372 g/mol. The minimum absolute atomic E-state index is 0.00346. The molecule has 0 saturated heterocycles. The standard InChI is InChI=1S/C20H24N2O3S/c1-4-19(18-10-5-14(2)11-15(18)3)21-20(23)13-26-12-16-6-8-17(9-7-16)22(24)25/h5-11,19H,4,12-13H2,1-3H3,(H,21,23)/t19-/m1/s1. The molecule has 6 heteroatoms. The van der Waals surface area contributed by atoms with Crippen LogP contribution in [-0.4, -0.2) is 16.6 Å². The second kappa shape index (κ2) is 9.38. The first kappa shape index (κ1) is 20.0. The predicted octanol–water partition coefficient (Wildman–Crippen LogP) is 4.71. The molecule has 0 aliphatic rings. The number of thioether (sulfide) groups is 1. The SMILES string of the molecule is CC[C@@H](NC(=O)CSCc1ccc([N+](=O)[O-])cc1)c1ccc(C)cc1C. The van der Waals surface area contributed by atoms with Crippen molar-refractivity contribution in [3.8, 4) is 0 Å². The molecule has 0 aliphatic heterocycles. The molecule has 1 atom stereocenters. The number of carbonyl (C=O) groups is 1. The van der Waals surface area contributed by atoms with Gasteiger partial charge in [-0.15, -0.1) is 11.8 Å². The maximum Gasteiger partial charge on any atom is 0.269 e. The summed E-state index contributed by atoms with van der Waals surface area (Å²) >= 11 is 1.50. The van der Waals surface area contributed by atoms with E-state index in [1.54, 1.807) is 12.1 Å². The zero-order valence-corrected chi connectivity index (χ0v) is 16.1. The van der Waals surface area contributed by atoms with Crippen LogP contribution in [0.5, 0.6) is 0 Å². The highest BCUT2D eigenvalue weighted by molar-refractivity contribution is 7.99. The van der Waals surface area contributed by atoms with Crippen LogP contribution in [0.1, 0.15) is 41.6 Å². The van der Waals surface area contributed by atoms with E-state index in [1.807, 2.05) is 0 Å². The number of carbonyl (C=O) groups excluding carboxylic acids is 1. The third kappa shape index (κ3) is 5.59. The fourth-order valence-electron chi connectivity index (χ4n) is 2.83. The molecule has 0 bridgehead atoms. The molecule has 0 unspecified atom stereocenters. The number of nitrogens with zero attached hydrogens (tertiary/aromatic N) is 1. The Kier molecular flexibility index (Phi) is 7.21. The highest BCUT2D eigenvalue weighted by atomic mass is 32.2. The Morgan fingerprint density at radius 3 is 2.46 bits per heavy atom. The molecule has 1 amide bonds. The largest absolute Gasteiger partial charge is 0.349 e. The van der Waals surface area contributed by atoms with E-state index in [9.17, 15) is 14.9 Å². The number of hydrogen-bond donors (Lipinski definition) is 1. The Bertz CT molecular complexity index is 775. The third-order valence-electron chi connectivity index (χ3n) is 4.19. The van der Waals surface area contributed by atoms with Gasteiger partial charge in [-0.25, -0.2) is 0 Å². The maximum absolute atomic E-state index is 12.3. The summed E-state index contributed by atoms with van der Waals surface area (Å²) in [6, 6.07) is 12.7. The van der Waals surface area contributed by atoms with Crippen LogP contribution in [0.25, 0.3) is 0 Å². The van der Waals surface area contributed by atoms with Crippen LogP contribution in [-0.2, 0) is 10.5 Å². The van der Waals surface area contributed by atoms with Gasteiger partial charge in [-0.05, 0) is 37.0 Å². The number of nitrogens with one attached hydrogen (secondary N) is 1. The second-order valence-electron chi connectivity index (χ2n) is 6.30. The van der Waals surface area contributed by atoms with Gasteiger partial charge in [-0.3, -0.25) is 14.9 Å². The van der Waals surface area contributed by atoms with Gasteiger partial charge < -0.3 is 5.32 Å². The molecule has 0 heterocycles. The molecular formula is C20H24N2O3S. The summed E-state index contributed by atoms with van der Waals surface area (Å²) in [5.74, 6) is 1.01. The molecular weight excluding hydrogens is 348 g/mol. The summed E-state index contributed by atoms with van der Waals surface area (Å²) in [5, 5.41) is 13.8. The van der Waals surface area contributed by atoms with Gasteiger partial charge in [0.1, 0.15) is 0 Å². The molecule has 0 radical (unpaired) electrons. The Morgan fingerprint density at radius 2 is 1.88 bits per heavy atom. The van der Waals surface area contributed by atoms with Crippen molar-refractivity contribution in [2.45, 2.75) is 39.0 Å². The van der Waals surface area contributed by atoms with Crippen molar-refractivity contribution in [3.05, 3.63) is 74.8 Å². The average Bonchev–Trinajstić information content (AvgIpc) is 2.60. The number of aryl methyl sites for hydroxylation is 2. The topological polar surface area (TPSA) is 72.2 Å². The van der Waals surface area contributed by atoms with Gasteiger partial charge in [0.25, 0.3) is 5.69 Å². The second-order valence-corrected chi connectivity index (χ2v) is 7.29. The molecule has 2 aromatic carbocycles. The molecule has 0 aliphatic carbocycles. The molecule has 26 heavy (non-hydrogen) atoms. The number of nitro groups is 1. The van der Waals surface area contributed by atoms with Crippen molar-refractivity contribution in [1.29, 1.82) is 0 Å². The lowest BCUT2D eigenvalue weighted by atomic mass is 9.97. The lowest BCUT2D eigenvalue weighted by Gasteiger charge is -2.20. The number of non-ortho nitro benzene ring substituents is 1. The Balaban J connectivity index is 1.86. The summed E-state index contributed by atoms with van der Waals surface area (Å²) in [6.07, 6.45) is 0.836. The molecule has 138 valence electrons. The van der Waals surface area contributed by atoms with Crippen molar-refractivity contribution < 1.29 is 9.72 Å². The smallest absolute Gasteiger partial charge is 0.269 e. The summed E-state index contributed by atoms with van der Waals surface area (Å²) in [4.78, 5) is 22.5. The van der Waals surface area contributed by atoms with Crippen molar-refractivity contribution in [2.24, 2.45) is 0 Å². The molecule has 0 aromatic heterocycles. The quantitative estimate of drug-likeness (QED) is 0.538. The molecule has 5 nitrogen and oxygen atoms in total. The molecule has 0 saturated carbocycles. The number of amides is 1. The molecule has 2 aromatic rings. The zero-order valence-electron chi connectivity index (χ0n) is 15.3. The van der Waals surface area contributed by atoms with Crippen LogP contribution in [0, 0.1) is 24.0 Å². The van der Waals surface area contributed by atoms with E-state index in [1.165, 1.54) is 35.0 Å². The zero-order chi connectivity index (χ0) is 19.1. The van der Waals surface area contributed by atoms with Gasteiger partial charge in [0.2, 0.25) is 5.91 Å². The van der Waals surface area contributed by atoms with Crippen molar-refractivity contribution in [1.82, 2.24) is 5.32 Å². The van der Waals surface area contributed by atoms with Gasteiger partial charge in [0.05, 0.1) is 16.7 Å². The van der Waals surface area contributed by atoms with E-state index < -0.39 is 4.92 Å². The maximum atomic E-state index is 12.3. The van der Waals surface area contributed by atoms with E-state index in [2.05, 4.69) is 44.3 Å². The predicted molar refractivity (Wildman–Crippen MR) is 106 cm³/mol. The summed E-state index contributed by atoms with van der Waals surface area (Å²) < 4.78 is 0.